The minimum Gasteiger partial charge on any atom is -0.389 e. The number of hydrogen-bond acceptors (Lipinski definition) is 7. The average molecular weight is 248 g/mol. The second kappa shape index (κ2) is 6.41. The van der Waals surface area contributed by atoms with Crippen molar-refractivity contribution in [3.63, 3.8) is 0 Å². The van der Waals surface area contributed by atoms with Gasteiger partial charge in [0.2, 0.25) is 17.2 Å². The molecule has 1 rings (SSSR count). The van der Waals surface area contributed by atoms with Crippen LogP contribution in [0.15, 0.2) is 0 Å². The van der Waals surface area contributed by atoms with Crippen molar-refractivity contribution in [1.29, 1.82) is 0 Å². The third-order valence-electron chi connectivity index (χ3n) is 1.69. The molecule has 0 aromatic carbocycles. The fourth-order valence-corrected chi connectivity index (χ4v) is 1.16. The number of rotatable bonds is 6. The highest BCUT2D eigenvalue weighted by Gasteiger charge is 2.06. The fourth-order valence-electron chi connectivity index (χ4n) is 1.00. The van der Waals surface area contributed by atoms with Gasteiger partial charge < -0.3 is 20.5 Å². The Hall–Kier alpha value is -1.18. The zero-order chi connectivity index (χ0) is 12.0. The zero-order valence-electron chi connectivity index (χ0n) is 9.07. The standard InChI is InChI=1S/C8H14ClN5O2/c1-10-7-12-6(9)13-8(14-7)11-3-5(15)4-16-2/h5,15H,3-4H2,1-2H3,(H2,10,11,12,13,14). The number of aliphatic hydroxyl groups excluding tert-OH is 1. The van der Waals surface area contributed by atoms with Crippen LogP contribution in [0, 0.1) is 0 Å². The Morgan fingerprint density at radius 3 is 2.69 bits per heavy atom. The molecule has 1 aromatic rings. The van der Waals surface area contributed by atoms with Gasteiger partial charge in [0.05, 0.1) is 12.7 Å². The number of aliphatic hydroxyl groups is 1. The highest BCUT2D eigenvalue weighted by molar-refractivity contribution is 6.28. The molecule has 3 N–H and O–H groups in total. The van der Waals surface area contributed by atoms with Crippen LogP contribution in [0.2, 0.25) is 5.28 Å². The molecule has 0 aliphatic heterocycles. The number of aromatic nitrogens is 3. The SMILES string of the molecule is CNc1nc(Cl)nc(NCC(O)COC)n1. The van der Waals surface area contributed by atoms with Gasteiger partial charge in [-0.3, -0.25) is 0 Å². The van der Waals surface area contributed by atoms with E-state index in [9.17, 15) is 5.11 Å². The van der Waals surface area contributed by atoms with Crippen molar-refractivity contribution in [2.45, 2.75) is 6.10 Å². The maximum absolute atomic E-state index is 9.40. The molecule has 1 heterocycles. The Kier molecular flexibility index (Phi) is 5.17. The number of methoxy groups -OCH3 is 1. The summed E-state index contributed by atoms with van der Waals surface area (Å²) in [5.74, 6) is 0.670. The topological polar surface area (TPSA) is 92.2 Å². The van der Waals surface area contributed by atoms with Crippen LogP contribution < -0.4 is 10.6 Å². The van der Waals surface area contributed by atoms with E-state index in [0.717, 1.165) is 0 Å². The van der Waals surface area contributed by atoms with Gasteiger partial charge in [-0.05, 0) is 11.6 Å². The first-order valence-corrected chi connectivity index (χ1v) is 5.03. The normalized spacial score (nSPS) is 12.2. The number of nitrogens with one attached hydrogen (secondary N) is 2. The molecule has 7 nitrogen and oxygen atoms in total. The van der Waals surface area contributed by atoms with Crippen molar-refractivity contribution >= 4 is 23.5 Å². The molecule has 0 amide bonds. The third kappa shape index (κ3) is 4.13. The summed E-state index contributed by atoms with van der Waals surface area (Å²) in [6.07, 6.45) is -0.626. The smallest absolute Gasteiger partial charge is 0.228 e. The van der Waals surface area contributed by atoms with Crippen molar-refractivity contribution in [2.75, 3.05) is 37.9 Å². The maximum atomic E-state index is 9.40. The van der Waals surface area contributed by atoms with Gasteiger partial charge in [0.15, 0.2) is 0 Å². The second-order valence-electron chi connectivity index (χ2n) is 2.99. The minimum atomic E-state index is -0.626. The lowest BCUT2D eigenvalue weighted by Crippen LogP contribution is -2.25. The van der Waals surface area contributed by atoms with E-state index in [-0.39, 0.29) is 18.4 Å². The molecule has 8 heteroatoms. The van der Waals surface area contributed by atoms with Crippen LogP contribution in [0.3, 0.4) is 0 Å². The van der Waals surface area contributed by atoms with Gasteiger partial charge in [-0.15, -0.1) is 0 Å². The molecule has 0 spiro atoms. The summed E-state index contributed by atoms with van der Waals surface area (Å²) in [6, 6.07) is 0. The summed E-state index contributed by atoms with van der Waals surface area (Å²) in [7, 11) is 3.19. The highest BCUT2D eigenvalue weighted by atomic mass is 35.5. The molecule has 0 aliphatic carbocycles. The summed E-state index contributed by atoms with van der Waals surface area (Å²) in [5.41, 5.74) is 0. The molecule has 0 aliphatic rings. The molecular weight excluding hydrogens is 234 g/mol. The molecule has 0 fully saturated rings. The van der Waals surface area contributed by atoms with Gasteiger partial charge in [-0.1, -0.05) is 0 Å². The van der Waals surface area contributed by atoms with E-state index in [0.29, 0.717) is 11.9 Å². The lowest BCUT2D eigenvalue weighted by molar-refractivity contribution is 0.0726. The third-order valence-corrected chi connectivity index (χ3v) is 1.86. The van der Waals surface area contributed by atoms with E-state index in [2.05, 4.69) is 25.6 Å². The maximum Gasteiger partial charge on any atom is 0.228 e. The number of halogens is 1. The van der Waals surface area contributed by atoms with Gasteiger partial charge in [-0.25, -0.2) is 0 Å². The summed E-state index contributed by atoms with van der Waals surface area (Å²) in [5, 5.41) is 15.1. The van der Waals surface area contributed by atoms with Crippen LogP contribution in [0.5, 0.6) is 0 Å². The monoisotopic (exact) mass is 247 g/mol. The minimum absolute atomic E-state index is 0.0862. The molecule has 1 atom stereocenters. The Labute approximate surface area is 98.2 Å². The van der Waals surface area contributed by atoms with Crippen molar-refractivity contribution in [3.05, 3.63) is 5.28 Å². The van der Waals surface area contributed by atoms with Crippen molar-refractivity contribution in [3.8, 4) is 0 Å². The Balaban J connectivity index is 2.56. The molecular formula is C8H14ClN5O2. The molecule has 0 bridgehead atoms. The summed E-state index contributed by atoms with van der Waals surface area (Å²) in [4.78, 5) is 11.7. The Morgan fingerprint density at radius 1 is 1.38 bits per heavy atom. The van der Waals surface area contributed by atoms with E-state index in [1.807, 2.05) is 0 Å². The van der Waals surface area contributed by atoms with E-state index >= 15 is 0 Å². The second-order valence-corrected chi connectivity index (χ2v) is 3.33. The first-order chi connectivity index (χ1) is 7.65. The quantitative estimate of drug-likeness (QED) is 0.651. The number of anilines is 2. The Morgan fingerprint density at radius 2 is 2.06 bits per heavy atom. The molecule has 0 saturated carbocycles. The van der Waals surface area contributed by atoms with Crippen LogP contribution in [0.1, 0.15) is 0 Å². The van der Waals surface area contributed by atoms with Crippen LogP contribution >= 0.6 is 11.6 Å². The number of hydrogen-bond donors (Lipinski definition) is 3. The number of ether oxygens (including phenoxy) is 1. The highest BCUT2D eigenvalue weighted by Crippen LogP contribution is 2.08. The molecule has 0 radical (unpaired) electrons. The van der Waals surface area contributed by atoms with Crippen molar-refractivity contribution in [1.82, 2.24) is 15.0 Å². The van der Waals surface area contributed by atoms with Gasteiger partial charge in [0.1, 0.15) is 0 Å². The fraction of sp³-hybridized carbons (Fsp3) is 0.625. The molecule has 16 heavy (non-hydrogen) atoms. The largest absolute Gasteiger partial charge is 0.389 e. The first kappa shape index (κ1) is 12.9. The lowest BCUT2D eigenvalue weighted by atomic mass is 10.4. The van der Waals surface area contributed by atoms with Crippen LogP contribution in [0.25, 0.3) is 0 Å². The zero-order valence-corrected chi connectivity index (χ0v) is 9.82. The lowest BCUT2D eigenvalue weighted by Gasteiger charge is -2.10. The van der Waals surface area contributed by atoms with E-state index < -0.39 is 6.10 Å². The van der Waals surface area contributed by atoms with E-state index in [1.165, 1.54) is 7.11 Å². The molecule has 1 unspecified atom stereocenters. The van der Waals surface area contributed by atoms with Crippen LogP contribution in [-0.2, 0) is 4.74 Å². The summed E-state index contributed by atoms with van der Waals surface area (Å²) >= 11 is 5.68. The van der Waals surface area contributed by atoms with E-state index in [4.69, 9.17) is 16.3 Å². The van der Waals surface area contributed by atoms with Gasteiger partial charge in [0.25, 0.3) is 0 Å². The van der Waals surface area contributed by atoms with Crippen molar-refractivity contribution < 1.29 is 9.84 Å². The first-order valence-electron chi connectivity index (χ1n) is 4.66. The summed E-state index contributed by atoms with van der Waals surface area (Å²) < 4.78 is 4.78. The van der Waals surface area contributed by atoms with Gasteiger partial charge >= 0.3 is 0 Å². The predicted molar refractivity (Wildman–Crippen MR) is 60.8 cm³/mol. The number of nitrogens with zero attached hydrogens (tertiary/aromatic N) is 3. The van der Waals surface area contributed by atoms with Gasteiger partial charge in [-0.2, -0.15) is 15.0 Å². The molecule has 90 valence electrons. The Bertz CT molecular complexity index is 338. The summed E-state index contributed by atoms with van der Waals surface area (Å²) in [6.45, 7) is 0.516. The van der Waals surface area contributed by atoms with E-state index in [1.54, 1.807) is 7.05 Å². The molecule has 0 saturated heterocycles. The predicted octanol–water partition coefficient (Wildman–Crippen LogP) is -0.0141. The average Bonchev–Trinajstić information content (AvgIpc) is 2.26. The molecule has 1 aromatic heterocycles. The van der Waals surface area contributed by atoms with Gasteiger partial charge in [0, 0.05) is 20.7 Å². The van der Waals surface area contributed by atoms with Crippen LogP contribution in [0.4, 0.5) is 11.9 Å². The van der Waals surface area contributed by atoms with Crippen LogP contribution in [-0.4, -0.2) is 53.5 Å². The van der Waals surface area contributed by atoms with Crippen molar-refractivity contribution in [2.24, 2.45) is 0 Å².